The predicted octanol–water partition coefficient (Wildman–Crippen LogP) is 3.29. The summed E-state index contributed by atoms with van der Waals surface area (Å²) < 4.78 is 15.0. The Bertz CT molecular complexity index is 672. The highest BCUT2D eigenvalue weighted by atomic mass is 79.9. The van der Waals surface area contributed by atoms with Gasteiger partial charge in [0.25, 0.3) is 0 Å². The molecule has 108 valence electrons. The first-order chi connectivity index (χ1) is 9.43. The second-order valence-electron chi connectivity index (χ2n) is 4.36. The fourth-order valence-electron chi connectivity index (χ4n) is 1.88. The maximum Gasteiger partial charge on any atom is 0.0859 e. The average molecular weight is 377 g/mol. The summed E-state index contributed by atoms with van der Waals surface area (Å²) >= 11 is 9.63. The van der Waals surface area contributed by atoms with E-state index < -0.39 is 10.8 Å². The van der Waals surface area contributed by atoms with Crippen LogP contribution < -0.4 is 5.73 Å². The van der Waals surface area contributed by atoms with Crippen molar-refractivity contribution in [1.29, 1.82) is 0 Å². The van der Waals surface area contributed by atoms with Crippen molar-refractivity contribution < 1.29 is 4.21 Å². The zero-order chi connectivity index (χ0) is 14.9. The van der Waals surface area contributed by atoms with Crippen LogP contribution in [0.5, 0.6) is 0 Å². The Hall–Kier alpha value is -0.850. The van der Waals surface area contributed by atoms with Gasteiger partial charge in [-0.05, 0) is 24.6 Å². The van der Waals surface area contributed by atoms with Gasteiger partial charge < -0.3 is 5.73 Å². The van der Waals surface area contributed by atoms with Crippen LogP contribution >= 0.6 is 27.5 Å². The van der Waals surface area contributed by atoms with Crippen molar-refractivity contribution in [2.24, 2.45) is 7.05 Å². The Balaban J connectivity index is 2.33. The highest BCUT2D eigenvalue weighted by Gasteiger charge is 2.17. The van der Waals surface area contributed by atoms with Gasteiger partial charge in [0.05, 0.1) is 37.9 Å². The van der Waals surface area contributed by atoms with Gasteiger partial charge in [-0.3, -0.25) is 8.89 Å². The third-order valence-electron chi connectivity index (χ3n) is 2.99. The van der Waals surface area contributed by atoms with Crippen LogP contribution in [0.25, 0.3) is 0 Å². The molecule has 0 radical (unpaired) electrons. The Labute approximate surface area is 133 Å². The molecular formula is C13H15BrClN3OS. The maximum absolute atomic E-state index is 12.5. The normalized spacial score (nSPS) is 12.6. The third kappa shape index (κ3) is 3.07. The molecule has 7 heteroatoms. The molecule has 0 saturated carbocycles. The molecule has 0 aliphatic rings. The molecular weight excluding hydrogens is 362 g/mol. The van der Waals surface area contributed by atoms with Crippen molar-refractivity contribution in [3.05, 3.63) is 39.1 Å². The molecule has 0 saturated heterocycles. The molecule has 0 spiro atoms. The Kier molecular flexibility index (Phi) is 4.88. The maximum atomic E-state index is 12.5. The minimum atomic E-state index is -1.27. The smallest absolute Gasteiger partial charge is 0.0859 e. The summed E-state index contributed by atoms with van der Waals surface area (Å²) in [5, 5.41) is 4.92. The number of hydrogen-bond acceptors (Lipinski definition) is 3. The molecule has 1 unspecified atom stereocenters. The molecule has 1 heterocycles. The van der Waals surface area contributed by atoms with Crippen LogP contribution in [-0.4, -0.2) is 14.0 Å². The first-order valence-electron chi connectivity index (χ1n) is 6.07. The van der Waals surface area contributed by atoms with E-state index in [1.165, 1.54) is 0 Å². The molecule has 20 heavy (non-hydrogen) atoms. The summed E-state index contributed by atoms with van der Waals surface area (Å²) in [5.41, 5.74) is 7.98. The van der Waals surface area contributed by atoms with Crippen LogP contribution in [0.15, 0.2) is 27.6 Å². The lowest BCUT2D eigenvalue weighted by Crippen LogP contribution is -2.05. The van der Waals surface area contributed by atoms with Crippen molar-refractivity contribution in [3.63, 3.8) is 0 Å². The zero-order valence-electron chi connectivity index (χ0n) is 11.2. The molecule has 1 atom stereocenters. The van der Waals surface area contributed by atoms with Crippen LogP contribution in [0.1, 0.15) is 18.3 Å². The van der Waals surface area contributed by atoms with Gasteiger partial charge in [-0.25, -0.2) is 0 Å². The largest absolute Gasteiger partial charge is 0.398 e. The number of rotatable bonds is 4. The molecule has 2 rings (SSSR count). The quantitative estimate of drug-likeness (QED) is 0.833. The van der Waals surface area contributed by atoms with E-state index in [0.717, 1.165) is 22.3 Å². The fraction of sp³-hybridized carbons (Fsp3) is 0.308. The summed E-state index contributed by atoms with van der Waals surface area (Å²) in [6.45, 7) is 1.99. The summed E-state index contributed by atoms with van der Waals surface area (Å²) in [4.78, 5) is 0.606. The highest BCUT2D eigenvalue weighted by molar-refractivity contribution is 9.10. The predicted molar refractivity (Wildman–Crippen MR) is 86.3 cm³/mol. The molecule has 2 N–H and O–H groups in total. The van der Waals surface area contributed by atoms with Crippen molar-refractivity contribution in [1.82, 2.24) is 9.78 Å². The summed E-state index contributed by atoms with van der Waals surface area (Å²) in [5.74, 6) is 0.295. The van der Waals surface area contributed by atoms with Gasteiger partial charge in [-0.15, -0.1) is 0 Å². The number of nitrogen functional groups attached to an aromatic ring is 1. The fourth-order valence-corrected chi connectivity index (χ4v) is 4.16. The van der Waals surface area contributed by atoms with Gasteiger partial charge in [-0.1, -0.05) is 34.5 Å². The van der Waals surface area contributed by atoms with Crippen molar-refractivity contribution in [3.8, 4) is 0 Å². The summed E-state index contributed by atoms with van der Waals surface area (Å²) in [7, 11) is 0.542. The number of halogens is 2. The van der Waals surface area contributed by atoms with Crippen LogP contribution in [0.4, 0.5) is 5.69 Å². The van der Waals surface area contributed by atoms with Gasteiger partial charge in [0, 0.05) is 17.2 Å². The molecule has 0 amide bonds. The molecule has 1 aromatic heterocycles. The van der Waals surface area contributed by atoms with Gasteiger partial charge in [0.15, 0.2) is 0 Å². The van der Waals surface area contributed by atoms with Crippen LogP contribution in [0, 0.1) is 0 Å². The summed E-state index contributed by atoms with van der Waals surface area (Å²) in [6.07, 6.45) is 0.748. The first kappa shape index (κ1) is 15.5. The monoisotopic (exact) mass is 375 g/mol. The number of aromatic nitrogens is 2. The number of nitrogens with zero attached hydrogens (tertiary/aromatic N) is 2. The van der Waals surface area contributed by atoms with E-state index in [4.69, 9.17) is 17.3 Å². The lowest BCUT2D eigenvalue weighted by molar-refractivity contribution is 0.675. The van der Waals surface area contributed by atoms with Crippen molar-refractivity contribution in [2.45, 2.75) is 24.0 Å². The van der Waals surface area contributed by atoms with E-state index in [-0.39, 0.29) is 0 Å². The molecule has 1 aromatic carbocycles. The van der Waals surface area contributed by atoms with Crippen molar-refractivity contribution in [2.75, 3.05) is 5.73 Å². The Morgan fingerprint density at radius 2 is 2.20 bits per heavy atom. The van der Waals surface area contributed by atoms with Crippen LogP contribution in [0.2, 0.25) is 5.02 Å². The van der Waals surface area contributed by atoms with Gasteiger partial charge in [-0.2, -0.15) is 5.10 Å². The Morgan fingerprint density at radius 3 is 2.80 bits per heavy atom. The van der Waals surface area contributed by atoms with E-state index in [0.29, 0.717) is 21.4 Å². The van der Waals surface area contributed by atoms with Gasteiger partial charge in [0.1, 0.15) is 0 Å². The second-order valence-corrected chi connectivity index (χ2v) is 7.07. The molecule has 0 fully saturated rings. The standard InChI is InChI=1S/C13H15BrClN3OS/c1-3-10-13(15)11(18(2)17-10)7-20(19)12-6-8(14)4-5-9(12)16/h4-6H,3,7,16H2,1-2H3. The molecule has 0 aliphatic carbocycles. The van der Waals surface area contributed by atoms with E-state index in [1.807, 2.05) is 20.0 Å². The summed E-state index contributed by atoms with van der Waals surface area (Å²) in [6, 6.07) is 5.33. The zero-order valence-corrected chi connectivity index (χ0v) is 14.3. The van der Waals surface area contributed by atoms with Crippen molar-refractivity contribution >= 4 is 44.0 Å². The number of benzene rings is 1. The number of nitrogens with two attached hydrogens (primary N) is 1. The number of anilines is 1. The van der Waals surface area contributed by atoms with E-state index >= 15 is 0 Å². The molecule has 2 aromatic rings. The van der Waals surface area contributed by atoms with Gasteiger partial charge in [0.2, 0.25) is 0 Å². The molecule has 0 bridgehead atoms. The highest BCUT2D eigenvalue weighted by Crippen LogP contribution is 2.27. The second kappa shape index (κ2) is 6.28. The first-order valence-corrected chi connectivity index (χ1v) is 8.56. The number of aryl methyl sites for hydroxylation is 2. The van der Waals surface area contributed by atoms with E-state index in [9.17, 15) is 4.21 Å². The SMILES string of the molecule is CCc1nn(C)c(CS(=O)c2cc(Br)ccc2N)c1Cl. The van der Waals surface area contributed by atoms with Gasteiger partial charge >= 0.3 is 0 Å². The number of hydrogen-bond donors (Lipinski definition) is 1. The third-order valence-corrected chi connectivity index (χ3v) is 5.30. The Morgan fingerprint density at radius 1 is 1.50 bits per heavy atom. The lowest BCUT2D eigenvalue weighted by atomic mass is 10.3. The minimum Gasteiger partial charge on any atom is -0.398 e. The lowest BCUT2D eigenvalue weighted by Gasteiger charge is -2.07. The molecule has 0 aliphatic heterocycles. The van der Waals surface area contributed by atoms with E-state index in [1.54, 1.807) is 16.8 Å². The topological polar surface area (TPSA) is 60.9 Å². The van der Waals surface area contributed by atoms with Crippen LogP contribution in [0.3, 0.4) is 0 Å². The van der Waals surface area contributed by atoms with E-state index in [2.05, 4.69) is 21.0 Å². The van der Waals surface area contributed by atoms with Crippen LogP contribution in [-0.2, 0) is 30.0 Å². The minimum absolute atomic E-state index is 0.295. The molecule has 4 nitrogen and oxygen atoms in total. The average Bonchev–Trinajstić information content (AvgIpc) is 2.68.